The summed E-state index contributed by atoms with van der Waals surface area (Å²) in [5, 5.41) is 8.33. The number of thioether (sulfide) groups is 1. The van der Waals surface area contributed by atoms with Gasteiger partial charge in [0.1, 0.15) is 0 Å². The number of sulfonamides is 1. The van der Waals surface area contributed by atoms with Crippen molar-refractivity contribution in [2.75, 3.05) is 5.32 Å². The molecule has 0 saturated heterocycles. The van der Waals surface area contributed by atoms with Crippen molar-refractivity contribution in [1.82, 2.24) is 9.55 Å². The fourth-order valence-corrected chi connectivity index (χ4v) is 4.16. The standard InChI is InChI=1S/C18H20N4O3S2/c1-3-22-16-10-9-14(27(19,24)25)11-15(16)21-18(22)26-12(2)17(23)20-13-7-5-4-6-8-13/h4-12H,3H2,1-2H3,(H,20,23)(H2,19,24,25). The second kappa shape index (κ2) is 7.71. The van der Waals surface area contributed by atoms with Crippen molar-refractivity contribution in [2.45, 2.75) is 35.7 Å². The third kappa shape index (κ3) is 4.32. The van der Waals surface area contributed by atoms with Crippen molar-refractivity contribution in [3.8, 4) is 0 Å². The van der Waals surface area contributed by atoms with Crippen LogP contribution < -0.4 is 10.5 Å². The second-order valence-electron chi connectivity index (χ2n) is 5.95. The molecule has 9 heteroatoms. The van der Waals surface area contributed by atoms with Gasteiger partial charge in [0.05, 0.1) is 21.2 Å². The summed E-state index contributed by atoms with van der Waals surface area (Å²) >= 11 is 1.32. The Hall–Kier alpha value is -2.36. The number of rotatable bonds is 6. The fourth-order valence-electron chi connectivity index (χ4n) is 2.64. The van der Waals surface area contributed by atoms with E-state index in [1.807, 2.05) is 41.8 Å². The predicted molar refractivity (Wildman–Crippen MR) is 107 cm³/mol. The van der Waals surface area contributed by atoms with Gasteiger partial charge in [-0.05, 0) is 44.2 Å². The fraction of sp³-hybridized carbons (Fsp3) is 0.222. The van der Waals surface area contributed by atoms with E-state index in [2.05, 4.69) is 10.3 Å². The normalized spacial score (nSPS) is 12.9. The van der Waals surface area contributed by atoms with Crippen LogP contribution in [0.4, 0.5) is 5.69 Å². The summed E-state index contributed by atoms with van der Waals surface area (Å²) in [4.78, 5) is 17.0. The number of nitrogens with two attached hydrogens (primary N) is 1. The molecule has 0 radical (unpaired) electrons. The first kappa shape index (κ1) is 19.4. The van der Waals surface area contributed by atoms with Crippen molar-refractivity contribution in [3.05, 3.63) is 48.5 Å². The molecule has 1 amide bonds. The lowest BCUT2D eigenvalue weighted by Crippen LogP contribution is -2.22. The number of hydrogen-bond acceptors (Lipinski definition) is 5. The minimum absolute atomic E-state index is 0.0159. The number of aryl methyl sites for hydroxylation is 1. The number of amides is 1. The molecule has 0 fully saturated rings. The Morgan fingerprint density at radius 2 is 1.96 bits per heavy atom. The maximum Gasteiger partial charge on any atom is 0.238 e. The van der Waals surface area contributed by atoms with Gasteiger partial charge < -0.3 is 9.88 Å². The highest BCUT2D eigenvalue weighted by Gasteiger charge is 2.20. The Kier molecular flexibility index (Phi) is 5.54. The Balaban J connectivity index is 1.86. The molecular weight excluding hydrogens is 384 g/mol. The highest BCUT2D eigenvalue weighted by atomic mass is 32.2. The summed E-state index contributed by atoms with van der Waals surface area (Å²) in [6, 6.07) is 13.8. The number of benzene rings is 2. The summed E-state index contributed by atoms with van der Waals surface area (Å²) in [5.74, 6) is -0.133. The Labute approximate surface area is 162 Å². The molecular formula is C18H20N4O3S2. The Bertz CT molecular complexity index is 1080. The molecule has 1 atom stereocenters. The van der Waals surface area contributed by atoms with Gasteiger partial charge in [-0.15, -0.1) is 0 Å². The molecule has 27 heavy (non-hydrogen) atoms. The molecule has 1 unspecified atom stereocenters. The first-order valence-electron chi connectivity index (χ1n) is 8.35. The van der Waals surface area contributed by atoms with Gasteiger partial charge in [-0.1, -0.05) is 30.0 Å². The number of nitrogens with zero attached hydrogens (tertiary/aromatic N) is 2. The van der Waals surface area contributed by atoms with E-state index in [1.165, 1.54) is 23.9 Å². The summed E-state index contributed by atoms with van der Waals surface area (Å²) in [6.07, 6.45) is 0. The van der Waals surface area contributed by atoms with Crippen LogP contribution in [-0.2, 0) is 21.4 Å². The first-order valence-corrected chi connectivity index (χ1v) is 10.8. The van der Waals surface area contributed by atoms with Gasteiger partial charge in [0.2, 0.25) is 15.9 Å². The number of para-hydroxylation sites is 1. The summed E-state index contributed by atoms with van der Waals surface area (Å²) in [5.41, 5.74) is 2.06. The lowest BCUT2D eigenvalue weighted by atomic mass is 10.3. The Morgan fingerprint density at radius 1 is 1.26 bits per heavy atom. The van der Waals surface area contributed by atoms with Crippen molar-refractivity contribution in [3.63, 3.8) is 0 Å². The van der Waals surface area contributed by atoms with Crippen molar-refractivity contribution in [2.24, 2.45) is 5.14 Å². The molecule has 1 aromatic heterocycles. The van der Waals surface area contributed by atoms with E-state index in [1.54, 1.807) is 13.0 Å². The van der Waals surface area contributed by atoms with Crippen LogP contribution in [-0.4, -0.2) is 29.1 Å². The molecule has 7 nitrogen and oxygen atoms in total. The van der Waals surface area contributed by atoms with Crippen LogP contribution in [0.3, 0.4) is 0 Å². The first-order chi connectivity index (χ1) is 12.8. The molecule has 0 saturated carbocycles. The average molecular weight is 405 g/mol. The predicted octanol–water partition coefficient (Wildman–Crippen LogP) is 2.82. The molecule has 3 rings (SSSR count). The number of hydrogen-bond donors (Lipinski definition) is 2. The van der Waals surface area contributed by atoms with Gasteiger partial charge in [-0.2, -0.15) is 0 Å². The largest absolute Gasteiger partial charge is 0.325 e. The van der Waals surface area contributed by atoms with Gasteiger partial charge in [-0.25, -0.2) is 18.5 Å². The molecule has 0 spiro atoms. The highest BCUT2D eigenvalue weighted by Crippen LogP contribution is 2.29. The minimum atomic E-state index is -3.80. The van der Waals surface area contributed by atoms with Crippen LogP contribution >= 0.6 is 11.8 Å². The quantitative estimate of drug-likeness (QED) is 0.614. The van der Waals surface area contributed by atoms with E-state index >= 15 is 0 Å². The third-order valence-electron chi connectivity index (χ3n) is 4.02. The van der Waals surface area contributed by atoms with Crippen LogP contribution in [0, 0.1) is 0 Å². The zero-order chi connectivity index (χ0) is 19.6. The van der Waals surface area contributed by atoms with E-state index in [9.17, 15) is 13.2 Å². The Morgan fingerprint density at radius 3 is 2.59 bits per heavy atom. The van der Waals surface area contributed by atoms with E-state index < -0.39 is 10.0 Å². The molecule has 0 aliphatic heterocycles. The SMILES string of the molecule is CCn1c(SC(C)C(=O)Nc2ccccc2)nc2cc(S(N)(=O)=O)ccc21. The van der Waals surface area contributed by atoms with Crippen LogP contribution in [0.25, 0.3) is 11.0 Å². The minimum Gasteiger partial charge on any atom is -0.325 e. The van der Waals surface area contributed by atoms with Crippen LogP contribution in [0.15, 0.2) is 58.6 Å². The van der Waals surface area contributed by atoms with Gasteiger partial charge >= 0.3 is 0 Å². The van der Waals surface area contributed by atoms with E-state index in [4.69, 9.17) is 5.14 Å². The number of nitrogens with one attached hydrogen (secondary N) is 1. The van der Waals surface area contributed by atoms with Gasteiger partial charge in [0, 0.05) is 12.2 Å². The average Bonchev–Trinajstić information content (AvgIpc) is 2.97. The summed E-state index contributed by atoms with van der Waals surface area (Å²) < 4.78 is 25.1. The zero-order valence-electron chi connectivity index (χ0n) is 14.9. The molecule has 142 valence electrons. The smallest absolute Gasteiger partial charge is 0.238 e. The number of carbonyl (C=O) groups is 1. The zero-order valence-corrected chi connectivity index (χ0v) is 16.5. The molecule has 0 bridgehead atoms. The molecule has 3 N–H and O–H groups in total. The van der Waals surface area contributed by atoms with Crippen molar-refractivity contribution in [1.29, 1.82) is 0 Å². The number of fused-ring (bicyclic) bond motifs is 1. The molecule has 2 aromatic carbocycles. The summed E-state index contributed by atoms with van der Waals surface area (Å²) in [6.45, 7) is 4.41. The maximum absolute atomic E-state index is 12.5. The van der Waals surface area contributed by atoms with E-state index in [0.29, 0.717) is 17.2 Å². The van der Waals surface area contributed by atoms with Crippen molar-refractivity contribution >= 4 is 44.4 Å². The van der Waals surface area contributed by atoms with Crippen LogP contribution in [0.5, 0.6) is 0 Å². The third-order valence-corrected chi connectivity index (χ3v) is 6.02. The summed E-state index contributed by atoms with van der Waals surface area (Å²) in [7, 11) is -3.80. The molecule has 1 heterocycles. The lowest BCUT2D eigenvalue weighted by Gasteiger charge is -2.12. The van der Waals surface area contributed by atoms with Crippen molar-refractivity contribution < 1.29 is 13.2 Å². The lowest BCUT2D eigenvalue weighted by molar-refractivity contribution is -0.115. The molecule has 3 aromatic rings. The van der Waals surface area contributed by atoms with Gasteiger partial charge in [0.25, 0.3) is 0 Å². The van der Waals surface area contributed by atoms with Gasteiger partial charge in [0.15, 0.2) is 5.16 Å². The van der Waals surface area contributed by atoms with Crippen LogP contribution in [0.1, 0.15) is 13.8 Å². The van der Waals surface area contributed by atoms with E-state index in [0.717, 1.165) is 11.2 Å². The number of anilines is 1. The molecule has 0 aliphatic rings. The van der Waals surface area contributed by atoms with E-state index in [-0.39, 0.29) is 16.1 Å². The van der Waals surface area contributed by atoms with Gasteiger partial charge in [-0.3, -0.25) is 4.79 Å². The topological polar surface area (TPSA) is 107 Å². The number of carbonyl (C=O) groups excluding carboxylic acids is 1. The van der Waals surface area contributed by atoms with Crippen LogP contribution in [0.2, 0.25) is 0 Å². The number of imidazole rings is 1. The highest BCUT2D eigenvalue weighted by molar-refractivity contribution is 8.00. The molecule has 0 aliphatic carbocycles. The monoisotopic (exact) mass is 404 g/mol. The second-order valence-corrected chi connectivity index (χ2v) is 8.82. The number of aromatic nitrogens is 2. The maximum atomic E-state index is 12.5. The number of primary sulfonamides is 1.